The average Bonchev–Trinajstić information content (AvgIpc) is 2.38. The van der Waals surface area contributed by atoms with Crippen molar-refractivity contribution in [3.05, 3.63) is 52.4 Å². The number of carbonyl (C=O) groups excluding carboxylic acids is 1. The number of nitrogens with two attached hydrogens (primary N) is 1. The van der Waals surface area contributed by atoms with Crippen LogP contribution < -0.4 is 16.0 Å². The smallest absolute Gasteiger partial charge is 0.276 e. The van der Waals surface area contributed by atoms with E-state index in [1.165, 1.54) is 24.3 Å². The van der Waals surface area contributed by atoms with Crippen LogP contribution in [0.3, 0.4) is 0 Å². The predicted octanol–water partition coefficient (Wildman–Crippen LogP) is -0.330. The summed E-state index contributed by atoms with van der Waals surface area (Å²) < 4.78 is 22.8. The normalized spacial score (nSPS) is 11.1. The lowest BCUT2D eigenvalue weighted by Crippen LogP contribution is -2.20. The van der Waals surface area contributed by atoms with Crippen LogP contribution in [0, 0.1) is 0 Å². The maximum Gasteiger partial charge on any atom is 0.276 e. The van der Waals surface area contributed by atoms with Gasteiger partial charge in [-0.3, -0.25) is 9.59 Å². The van der Waals surface area contributed by atoms with E-state index in [-0.39, 0.29) is 16.3 Å². The highest BCUT2D eigenvalue weighted by molar-refractivity contribution is 7.89. The molecule has 1 amide bonds. The Morgan fingerprint density at radius 3 is 2.50 bits per heavy atom. The van der Waals surface area contributed by atoms with Gasteiger partial charge in [0.25, 0.3) is 11.5 Å². The molecule has 1 aromatic carbocycles. The minimum atomic E-state index is -3.96. The van der Waals surface area contributed by atoms with Crippen molar-refractivity contribution < 1.29 is 13.2 Å². The predicted molar refractivity (Wildman–Crippen MR) is 70.6 cm³/mol. The number of para-hydroxylation sites is 1. The zero-order valence-electron chi connectivity index (χ0n) is 10.0. The first-order chi connectivity index (χ1) is 9.38. The highest BCUT2D eigenvalue weighted by Crippen LogP contribution is 2.19. The van der Waals surface area contributed by atoms with Crippen LogP contribution in [0.5, 0.6) is 0 Å². The molecule has 0 aliphatic heterocycles. The van der Waals surface area contributed by atoms with Crippen molar-refractivity contribution in [2.45, 2.75) is 4.90 Å². The summed E-state index contributed by atoms with van der Waals surface area (Å²) in [5.74, 6) is -0.669. The van der Waals surface area contributed by atoms with Gasteiger partial charge < -0.3 is 5.32 Å². The minimum absolute atomic E-state index is 0.0352. The molecule has 2 aromatic rings. The maximum atomic E-state index is 11.9. The first-order valence-corrected chi connectivity index (χ1v) is 6.91. The van der Waals surface area contributed by atoms with E-state index in [0.29, 0.717) is 0 Å². The molecule has 0 aliphatic rings. The van der Waals surface area contributed by atoms with E-state index in [2.05, 4.69) is 15.5 Å². The van der Waals surface area contributed by atoms with Crippen LogP contribution in [0.25, 0.3) is 0 Å². The molecule has 8 nitrogen and oxygen atoms in total. The van der Waals surface area contributed by atoms with E-state index in [4.69, 9.17) is 5.14 Å². The number of rotatable bonds is 3. The van der Waals surface area contributed by atoms with Gasteiger partial charge in [0.15, 0.2) is 0 Å². The molecule has 20 heavy (non-hydrogen) atoms. The SMILES string of the molecule is NS(=O)(=O)c1ccccc1NC(=O)c1ccc(=O)[nH]n1. The van der Waals surface area contributed by atoms with Crippen LogP contribution in [0.4, 0.5) is 5.69 Å². The maximum absolute atomic E-state index is 11.9. The van der Waals surface area contributed by atoms with Gasteiger partial charge in [-0.25, -0.2) is 18.7 Å². The van der Waals surface area contributed by atoms with Gasteiger partial charge in [0.2, 0.25) is 10.0 Å². The Balaban J connectivity index is 2.33. The lowest BCUT2D eigenvalue weighted by atomic mass is 10.3. The van der Waals surface area contributed by atoms with Gasteiger partial charge in [0.1, 0.15) is 10.6 Å². The van der Waals surface area contributed by atoms with Crippen molar-refractivity contribution in [3.63, 3.8) is 0 Å². The number of primary sulfonamides is 1. The van der Waals surface area contributed by atoms with Crippen molar-refractivity contribution in [2.75, 3.05) is 5.32 Å². The molecule has 2 rings (SSSR count). The summed E-state index contributed by atoms with van der Waals surface area (Å²) >= 11 is 0. The minimum Gasteiger partial charge on any atom is -0.319 e. The Labute approximate surface area is 113 Å². The summed E-state index contributed by atoms with van der Waals surface area (Å²) in [6.07, 6.45) is 0. The fraction of sp³-hybridized carbons (Fsp3) is 0. The summed E-state index contributed by atoms with van der Waals surface area (Å²) in [4.78, 5) is 22.5. The number of anilines is 1. The summed E-state index contributed by atoms with van der Waals surface area (Å²) in [6, 6.07) is 8.04. The topological polar surface area (TPSA) is 135 Å². The number of benzene rings is 1. The Morgan fingerprint density at radius 2 is 1.90 bits per heavy atom. The standard InChI is InChI=1S/C11H10N4O4S/c12-20(18,19)9-4-2-1-3-7(9)13-11(17)8-5-6-10(16)15-14-8/h1-6H,(H,13,17)(H,15,16)(H2,12,18,19). The van der Waals surface area contributed by atoms with E-state index in [1.54, 1.807) is 6.07 Å². The van der Waals surface area contributed by atoms with Crippen molar-refractivity contribution in [1.82, 2.24) is 10.2 Å². The zero-order chi connectivity index (χ0) is 14.8. The molecule has 9 heteroatoms. The third-order valence-corrected chi connectivity index (χ3v) is 3.32. The number of hydrogen-bond donors (Lipinski definition) is 3. The molecule has 0 unspecified atom stereocenters. The second-order valence-electron chi connectivity index (χ2n) is 3.80. The number of nitrogens with zero attached hydrogens (tertiary/aromatic N) is 1. The highest BCUT2D eigenvalue weighted by atomic mass is 32.2. The second-order valence-corrected chi connectivity index (χ2v) is 5.33. The molecule has 0 atom stereocenters. The van der Waals surface area contributed by atoms with Gasteiger partial charge in [0.05, 0.1) is 5.69 Å². The van der Waals surface area contributed by atoms with Crippen molar-refractivity contribution in [3.8, 4) is 0 Å². The molecule has 0 saturated heterocycles. The third kappa shape index (κ3) is 3.08. The van der Waals surface area contributed by atoms with Crippen LogP contribution in [0.2, 0.25) is 0 Å². The van der Waals surface area contributed by atoms with E-state index >= 15 is 0 Å². The first-order valence-electron chi connectivity index (χ1n) is 5.37. The molecule has 0 spiro atoms. The largest absolute Gasteiger partial charge is 0.319 e. The monoisotopic (exact) mass is 294 g/mol. The number of aromatic amines is 1. The average molecular weight is 294 g/mol. The lowest BCUT2D eigenvalue weighted by molar-refractivity contribution is 0.102. The molecule has 1 aromatic heterocycles. The van der Waals surface area contributed by atoms with Gasteiger partial charge in [-0.05, 0) is 18.2 Å². The molecule has 4 N–H and O–H groups in total. The molecule has 0 bridgehead atoms. The van der Waals surface area contributed by atoms with E-state index in [0.717, 1.165) is 6.07 Å². The van der Waals surface area contributed by atoms with Gasteiger partial charge in [0, 0.05) is 6.07 Å². The molecule has 0 saturated carbocycles. The van der Waals surface area contributed by atoms with Crippen LogP contribution >= 0.6 is 0 Å². The van der Waals surface area contributed by atoms with E-state index in [9.17, 15) is 18.0 Å². The fourth-order valence-electron chi connectivity index (χ4n) is 1.48. The van der Waals surface area contributed by atoms with Gasteiger partial charge >= 0.3 is 0 Å². The van der Waals surface area contributed by atoms with Crippen molar-refractivity contribution in [2.24, 2.45) is 5.14 Å². The number of aromatic nitrogens is 2. The number of carbonyl (C=O) groups is 1. The summed E-state index contributed by atoms with van der Waals surface area (Å²) in [5.41, 5.74) is -0.478. The molecule has 0 radical (unpaired) electrons. The molecule has 0 fully saturated rings. The quantitative estimate of drug-likeness (QED) is 0.712. The molecule has 0 aliphatic carbocycles. The number of amides is 1. The van der Waals surface area contributed by atoms with Crippen LogP contribution in [-0.4, -0.2) is 24.5 Å². The number of hydrogen-bond acceptors (Lipinski definition) is 5. The number of sulfonamides is 1. The Hall–Kier alpha value is -2.52. The third-order valence-electron chi connectivity index (χ3n) is 2.35. The second kappa shape index (κ2) is 5.23. The van der Waals surface area contributed by atoms with Crippen LogP contribution in [0.15, 0.2) is 46.1 Å². The number of nitrogens with one attached hydrogen (secondary N) is 2. The Kier molecular flexibility index (Phi) is 3.63. The lowest BCUT2D eigenvalue weighted by Gasteiger charge is -2.08. The zero-order valence-corrected chi connectivity index (χ0v) is 10.8. The molecule has 1 heterocycles. The molecular weight excluding hydrogens is 284 g/mol. The Morgan fingerprint density at radius 1 is 1.20 bits per heavy atom. The van der Waals surface area contributed by atoms with E-state index in [1.807, 2.05) is 0 Å². The Bertz CT molecular complexity index is 793. The van der Waals surface area contributed by atoms with Gasteiger partial charge in [-0.2, -0.15) is 5.10 Å². The summed E-state index contributed by atoms with van der Waals surface area (Å²) in [6.45, 7) is 0. The van der Waals surface area contributed by atoms with Crippen LogP contribution in [-0.2, 0) is 10.0 Å². The fourth-order valence-corrected chi connectivity index (χ4v) is 2.17. The highest BCUT2D eigenvalue weighted by Gasteiger charge is 2.16. The van der Waals surface area contributed by atoms with Crippen molar-refractivity contribution in [1.29, 1.82) is 0 Å². The van der Waals surface area contributed by atoms with E-state index < -0.39 is 21.5 Å². The van der Waals surface area contributed by atoms with Crippen molar-refractivity contribution >= 4 is 21.6 Å². The van der Waals surface area contributed by atoms with Crippen LogP contribution in [0.1, 0.15) is 10.5 Å². The van der Waals surface area contributed by atoms with Gasteiger partial charge in [-0.15, -0.1) is 0 Å². The molecular formula is C11H10N4O4S. The summed E-state index contributed by atoms with van der Waals surface area (Å²) in [7, 11) is -3.96. The summed E-state index contributed by atoms with van der Waals surface area (Å²) in [5, 5.41) is 13.1. The van der Waals surface area contributed by atoms with Gasteiger partial charge in [-0.1, -0.05) is 12.1 Å². The molecule has 104 valence electrons. The first kappa shape index (κ1) is 13.9. The number of H-pyrrole nitrogens is 1.